The molecular weight excluding hydrogens is 235 g/mol. The fraction of sp³-hybridized carbons (Fsp3) is 0.250. The minimum Gasteiger partial charge on any atom is -0.486 e. The summed E-state index contributed by atoms with van der Waals surface area (Å²) in [6.45, 7) is -4.29. The standard InChI is InChI=1S/C8H7BF3O2.K/c10-9(11,12)6-1-2-7-8(5-6)14-4-3-13-7;/h1-2,5H,3-4H2;/q-1;+1. The van der Waals surface area contributed by atoms with Crippen LogP contribution in [0.4, 0.5) is 12.9 Å². The maximum atomic E-state index is 12.3. The predicted octanol–water partition coefficient (Wildman–Crippen LogP) is -1.48. The van der Waals surface area contributed by atoms with Gasteiger partial charge in [-0.05, 0) is 12.1 Å². The summed E-state index contributed by atoms with van der Waals surface area (Å²) in [5, 5.41) is 0. The van der Waals surface area contributed by atoms with Crippen LogP contribution in [-0.2, 0) is 0 Å². The molecule has 1 aromatic rings. The van der Waals surface area contributed by atoms with Gasteiger partial charge in [-0.2, -0.15) is 0 Å². The molecule has 0 saturated carbocycles. The Kier molecular flexibility index (Phi) is 4.54. The van der Waals surface area contributed by atoms with E-state index in [4.69, 9.17) is 9.47 Å². The molecule has 1 aliphatic heterocycles. The molecule has 0 unspecified atom stereocenters. The molecule has 7 heteroatoms. The van der Waals surface area contributed by atoms with E-state index in [9.17, 15) is 12.9 Å². The molecular formula is C8H7BF3KO2. The molecule has 76 valence electrons. The fourth-order valence-corrected chi connectivity index (χ4v) is 1.26. The van der Waals surface area contributed by atoms with Gasteiger partial charge in [0.25, 0.3) is 0 Å². The average molecular weight is 242 g/mol. The minimum atomic E-state index is -4.96. The Morgan fingerprint density at radius 2 is 1.60 bits per heavy atom. The summed E-state index contributed by atoms with van der Waals surface area (Å²) in [4.78, 5) is 0. The summed E-state index contributed by atoms with van der Waals surface area (Å²) in [6, 6.07) is 3.28. The SMILES string of the molecule is F[B-](F)(F)c1ccc2c(c1)OCCO2.[K+]. The van der Waals surface area contributed by atoms with Crippen molar-refractivity contribution in [2.45, 2.75) is 0 Å². The van der Waals surface area contributed by atoms with Crippen molar-refractivity contribution < 1.29 is 73.8 Å². The zero-order valence-corrected chi connectivity index (χ0v) is 11.3. The van der Waals surface area contributed by atoms with E-state index in [2.05, 4.69) is 0 Å². The Morgan fingerprint density at radius 3 is 2.20 bits per heavy atom. The molecule has 1 aromatic carbocycles. The van der Waals surface area contributed by atoms with Crippen molar-refractivity contribution >= 4 is 12.4 Å². The van der Waals surface area contributed by atoms with Gasteiger partial charge >= 0.3 is 58.4 Å². The number of halogens is 3. The van der Waals surface area contributed by atoms with Crippen LogP contribution in [-0.4, -0.2) is 20.2 Å². The Labute approximate surface area is 128 Å². The normalized spacial score (nSPS) is 14.3. The molecule has 0 fully saturated rings. The van der Waals surface area contributed by atoms with Gasteiger partial charge in [-0.1, -0.05) is 6.07 Å². The first-order valence-corrected chi connectivity index (χ1v) is 4.17. The molecule has 2 rings (SSSR count). The molecule has 0 aliphatic carbocycles. The molecule has 0 spiro atoms. The number of benzene rings is 1. The second-order valence-electron chi connectivity index (χ2n) is 2.98. The van der Waals surface area contributed by atoms with E-state index >= 15 is 0 Å². The van der Waals surface area contributed by atoms with Crippen molar-refractivity contribution in [1.82, 2.24) is 0 Å². The van der Waals surface area contributed by atoms with Crippen molar-refractivity contribution in [2.75, 3.05) is 13.2 Å². The number of hydrogen-bond acceptors (Lipinski definition) is 2. The van der Waals surface area contributed by atoms with Crippen LogP contribution in [0.25, 0.3) is 0 Å². The molecule has 15 heavy (non-hydrogen) atoms. The predicted molar refractivity (Wildman–Crippen MR) is 46.1 cm³/mol. The first-order valence-electron chi connectivity index (χ1n) is 4.17. The molecule has 0 saturated heterocycles. The van der Waals surface area contributed by atoms with E-state index in [-0.39, 0.29) is 57.1 Å². The molecule has 0 amide bonds. The number of hydrogen-bond donors (Lipinski definition) is 0. The van der Waals surface area contributed by atoms with Crippen LogP contribution in [0.15, 0.2) is 18.2 Å². The summed E-state index contributed by atoms with van der Waals surface area (Å²) >= 11 is 0. The second-order valence-corrected chi connectivity index (χ2v) is 2.98. The van der Waals surface area contributed by atoms with Crippen molar-refractivity contribution in [1.29, 1.82) is 0 Å². The smallest absolute Gasteiger partial charge is 0.486 e. The van der Waals surface area contributed by atoms with Gasteiger partial charge in [-0.3, -0.25) is 0 Å². The third kappa shape index (κ3) is 3.13. The minimum absolute atomic E-state index is 0. The van der Waals surface area contributed by atoms with Crippen molar-refractivity contribution in [2.24, 2.45) is 0 Å². The number of fused-ring (bicyclic) bond motifs is 1. The summed E-state index contributed by atoms with van der Waals surface area (Å²) in [5.74, 6) is 0.549. The van der Waals surface area contributed by atoms with Crippen LogP contribution in [0.5, 0.6) is 11.5 Å². The molecule has 0 radical (unpaired) electrons. The topological polar surface area (TPSA) is 18.5 Å². The van der Waals surface area contributed by atoms with Gasteiger partial charge in [-0.15, -0.1) is 5.46 Å². The zero-order chi connectivity index (χ0) is 10.2. The molecule has 2 nitrogen and oxygen atoms in total. The van der Waals surface area contributed by atoms with Crippen LogP contribution in [0.1, 0.15) is 0 Å². The van der Waals surface area contributed by atoms with E-state index in [0.717, 1.165) is 12.1 Å². The third-order valence-corrected chi connectivity index (χ3v) is 1.94. The van der Waals surface area contributed by atoms with Crippen LogP contribution >= 0.6 is 0 Å². The van der Waals surface area contributed by atoms with E-state index in [1.54, 1.807) is 0 Å². The first-order chi connectivity index (χ1) is 6.57. The third-order valence-electron chi connectivity index (χ3n) is 1.94. The molecule has 1 heterocycles. The summed E-state index contributed by atoms with van der Waals surface area (Å²) in [5.41, 5.74) is -0.658. The number of ether oxygens (including phenoxy) is 2. The summed E-state index contributed by atoms with van der Waals surface area (Å²) in [6.07, 6.45) is 0. The van der Waals surface area contributed by atoms with Gasteiger partial charge in [-0.25, -0.2) is 0 Å². The van der Waals surface area contributed by atoms with Gasteiger partial charge in [0.1, 0.15) is 13.2 Å². The van der Waals surface area contributed by atoms with E-state index in [1.807, 2.05) is 0 Å². The van der Waals surface area contributed by atoms with Gasteiger partial charge in [0.2, 0.25) is 0 Å². The molecule has 1 aliphatic rings. The van der Waals surface area contributed by atoms with E-state index < -0.39 is 12.4 Å². The van der Waals surface area contributed by atoms with Crippen LogP contribution in [0.2, 0.25) is 0 Å². The Balaban J connectivity index is 0.00000112. The Morgan fingerprint density at radius 1 is 1.00 bits per heavy atom. The quantitative estimate of drug-likeness (QED) is 0.559. The van der Waals surface area contributed by atoms with Crippen LogP contribution in [0, 0.1) is 0 Å². The van der Waals surface area contributed by atoms with Gasteiger partial charge in [0, 0.05) is 0 Å². The monoisotopic (exact) mass is 242 g/mol. The summed E-state index contributed by atoms with van der Waals surface area (Å²) < 4.78 is 47.1. The van der Waals surface area contributed by atoms with Crippen LogP contribution < -0.4 is 66.3 Å². The molecule has 0 bridgehead atoms. The summed E-state index contributed by atoms with van der Waals surface area (Å²) in [7, 11) is 0. The average Bonchev–Trinajstić information content (AvgIpc) is 2.16. The largest absolute Gasteiger partial charge is 1.00 e. The maximum absolute atomic E-state index is 12.3. The molecule has 0 aromatic heterocycles. The molecule has 0 atom stereocenters. The van der Waals surface area contributed by atoms with Gasteiger partial charge < -0.3 is 22.4 Å². The fourth-order valence-electron chi connectivity index (χ4n) is 1.26. The van der Waals surface area contributed by atoms with Gasteiger partial charge in [0.15, 0.2) is 11.5 Å². The number of rotatable bonds is 1. The maximum Gasteiger partial charge on any atom is 1.00 e. The van der Waals surface area contributed by atoms with Crippen molar-refractivity contribution in [3.8, 4) is 11.5 Å². The van der Waals surface area contributed by atoms with Crippen molar-refractivity contribution in [3.05, 3.63) is 18.2 Å². The Bertz CT molecular complexity index is 356. The van der Waals surface area contributed by atoms with Crippen molar-refractivity contribution in [3.63, 3.8) is 0 Å². The van der Waals surface area contributed by atoms with Gasteiger partial charge in [0.05, 0.1) is 0 Å². The van der Waals surface area contributed by atoms with E-state index in [1.165, 1.54) is 6.07 Å². The first kappa shape index (κ1) is 13.4. The zero-order valence-electron chi connectivity index (χ0n) is 8.17. The molecule has 0 N–H and O–H groups in total. The van der Waals surface area contributed by atoms with Crippen LogP contribution in [0.3, 0.4) is 0 Å². The Hall–Kier alpha value is 0.311. The second kappa shape index (κ2) is 5.09. The van der Waals surface area contributed by atoms with E-state index in [0.29, 0.717) is 19.0 Å².